The molecule has 0 unspecified atom stereocenters. The summed E-state index contributed by atoms with van der Waals surface area (Å²) in [6, 6.07) is 56.1. The van der Waals surface area contributed by atoms with E-state index < -0.39 is 0 Å². The maximum Gasteiger partial charge on any atom is 0.214 e. The Bertz CT molecular complexity index is 1960. The van der Waals surface area contributed by atoms with Gasteiger partial charge in [0, 0.05) is 17.2 Å². The summed E-state index contributed by atoms with van der Waals surface area (Å²) in [5.74, 6) is 0.434. The zero-order valence-electron chi connectivity index (χ0n) is 23.4. The summed E-state index contributed by atoms with van der Waals surface area (Å²) >= 11 is 0. The number of aromatic nitrogens is 2. The lowest BCUT2D eigenvalue weighted by Crippen LogP contribution is -1.93. The topological polar surface area (TPSA) is 46.0 Å². The van der Waals surface area contributed by atoms with E-state index >= 15 is 0 Å². The van der Waals surface area contributed by atoms with Gasteiger partial charge in [-0.2, -0.15) is 4.98 Å². The largest absolute Gasteiger partial charge is 0.493 e. The lowest BCUT2D eigenvalue weighted by molar-refractivity contribution is 0.453. The second-order valence-corrected chi connectivity index (χ2v) is 10.5. The molecule has 0 aliphatic carbocycles. The number of hydrogen-bond donors (Lipinski definition) is 1. The SMILES string of the molecule is Oc1cc(-c2ccccc2)nc(-c2cccc(-c3cccc(-c4cc(-c5ccccc5)cc(-c5ccccc5)c4)c3)c2)n1. The average molecular weight is 553 g/mol. The predicted molar refractivity (Wildman–Crippen MR) is 176 cm³/mol. The number of hydrogen-bond acceptors (Lipinski definition) is 3. The van der Waals surface area contributed by atoms with Crippen LogP contribution in [0.5, 0.6) is 5.88 Å². The molecule has 7 rings (SSSR count). The Morgan fingerprint density at radius 3 is 1.21 bits per heavy atom. The summed E-state index contributed by atoms with van der Waals surface area (Å²) in [5.41, 5.74) is 11.6. The molecule has 1 N–H and O–H groups in total. The van der Waals surface area contributed by atoms with E-state index in [4.69, 9.17) is 4.98 Å². The van der Waals surface area contributed by atoms with Gasteiger partial charge >= 0.3 is 0 Å². The van der Waals surface area contributed by atoms with Crippen molar-refractivity contribution in [3.8, 4) is 73.0 Å². The molecule has 6 aromatic carbocycles. The molecule has 0 saturated carbocycles. The van der Waals surface area contributed by atoms with Gasteiger partial charge in [-0.05, 0) is 74.8 Å². The second-order valence-electron chi connectivity index (χ2n) is 10.5. The zero-order valence-corrected chi connectivity index (χ0v) is 23.4. The Hall–Kier alpha value is -5.80. The highest BCUT2D eigenvalue weighted by Crippen LogP contribution is 2.35. The first-order chi connectivity index (χ1) is 21.2. The molecule has 0 spiro atoms. The monoisotopic (exact) mass is 552 g/mol. The Morgan fingerprint density at radius 1 is 0.302 bits per heavy atom. The van der Waals surface area contributed by atoms with E-state index in [-0.39, 0.29) is 5.88 Å². The van der Waals surface area contributed by atoms with Gasteiger partial charge in [0.15, 0.2) is 5.82 Å². The first kappa shape index (κ1) is 26.1. The molecule has 0 bridgehead atoms. The van der Waals surface area contributed by atoms with Crippen molar-refractivity contribution in [2.45, 2.75) is 0 Å². The third-order valence-corrected chi connectivity index (χ3v) is 7.58. The van der Waals surface area contributed by atoms with Crippen LogP contribution in [0.3, 0.4) is 0 Å². The maximum absolute atomic E-state index is 10.4. The van der Waals surface area contributed by atoms with Crippen molar-refractivity contribution in [1.82, 2.24) is 9.97 Å². The van der Waals surface area contributed by atoms with Crippen LogP contribution in [0.15, 0.2) is 164 Å². The first-order valence-electron chi connectivity index (χ1n) is 14.3. The summed E-state index contributed by atoms with van der Waals surface area (Å²) < 4.78 is 0. The highest BCUT2D eigenvalue weighted by molar-refractivity contribution is 5.83. The lowest BCUT2D eigenvalue weighted by atomic mass is 9.92. The molecular weight excluding hydrogens is 524 g/mol. The van der Waals surface area contributed by atoms with Crippen molar-refractivity contribution in [3.05, 3.63) is 164 Å². The Kier molecular flexibility index (Phi) is 7.04. The number of benzene rings is 6. The highest BCUT2D eigenvalue weighted by Gasteiger charge is 2.11. The minimum atomic E-state index is -0.0521. The first-order valence-corrected chi connectivity index (χ1v) is 14.3. The minimum Gasteiger partial charge on any atom is -0.493 e. The molecule has 0 radical (unpaired) electrons. The summed E-state index contributed by atoms with van der Waals surface area (Å²) in [4.78, 5) is 9.13. The van der Waals surface area contributed by atoms with Gasteiger partial charge < -0.3 is 5.11 Å². The van der Waals surface area contributed by atoms with Crippen LogP contribution in [0.2, 0.25) is 0 Å². The molecule has 0 fully saturated rings. The summed E-state index contributed by atoms with van der Waals surface area (Å²) in [6.45, 7) is 0. The van der Waals surface area contributed by atoms with E-state index in [0.29, 0.717) is 11.5 Å². The smallest absolute Gasteiger partial charge is 0.214 e. The molecule has 204 valence electrons. The quantitative estimate of drug-likeness (QED) is 0.223. The van der Waals surface area contributed by atoms with Crippen LogP contribution in [-0.2, 0) is 0 Å². The average Bonchev–Trinajstić information content (AvgIpc) is 3.09. The van der Waals surface area contributed by atoms with E-state index in [0.717, 1.165) is 33.4 Å². The van der Waals surface area contributed by atoms with Gasteiger partial charge in [0.2, 0.25) is 5.88 Å². The van der Waals surface area contributed by atoms with Gasteiger partial charge in [-0.1, -0.05) is 127 Å². The standard InChI is InChI=1S/C40H28N2O/c43-39-27-38(30-16-8-3-9-17-30)41-40(42-39)34-21-11-19-32(23-34)31-18-10-20-33(22-31)37-25-35(28-12-4-1-5-13-28)24-36(26-37)29-14-6-2-7-15-29/h1-27H,(H,41,42,43). The summed E-state index contributed by atoms with van der Waals surface area (Å²) in [5, 5.41) is 10.4. The fraction of sp³-hybridized carbons (Fsp3) is 0. The molecular formula is C40H28N2O. The Balaban J connectivity index is 1.29. The minimum absolute atomic E-state index is 0.0521. The van der Waals surface area contributed by atoms with Crippen LogP contribution in [0.25, 0.3) is 67.2 Å². The van der Waals surface area contributed by atoms with Crippen molar-refractivity contribution in [2.24, 2.45) is 0 Å². The zero-order chi connectivity index (χ0) is 29.0. The third-order valence-electron chi connectivity index (χ3n) is 7.58. The fourth-order valence-electron chi connectivity index (χ4n) is 5.43. The number of aromatic hydroxyl groups is 1. The van der Waals surface area contributed by atoms with Crippen LogP contribution in [0.4, 0.5) is 0 Å². The number of rotatable bonds is 6. The van der Waals surface area contributed by atoms with Crippen LogP contribution >= 0.6 is 0 Å². The number of nitrogens with zero attached hydrogens (tertiary/aromatic N) is 2. The van der Waals surface area contributed by atoms with Gasteiger partial charge in [-0.3, -0.25) is 0 Å². The van der Waals surface area contributed by atoms with Crippen LogP contribution in [0.1, 0.15) is 0 Å². The predicted octanol–water partition coefficient (Wildman–Crippen LogP) is 10.2. The summed E-state index contributed by atoms with van der Waals surface area (Å²) in [7, 11) is 0. The second kappa shape index (κ2) is 11.6. The molecule has 0 saturated heterocycles. The molecule has 1 heterocycles. The van der Waals surface area contributed by atoms with Crippen molar-refractivity contribution in [3.63, 3.8) is 0 Å². The fourth-order valence-corrected chi connectivity index (χ4v) is 5.43. The third kappa shape index (κ3) is 5.70. The molecule has 3 heteroatoms. The van der Waals surface area contributed by atoms with Gasteiger partial charge in [0.25, 0.3) is 0 Å². The van der Waals surface area contributed by atoms with E-state index in [1.54, 1.807) is 6.07 Å². The molecule has 43 heavy (non-hydrogen) atoms. The van der Waals surface area contributed by atoms with Crippen LogP contribution in [-0.4, -0.2) is 15.1 Å². The van der Waals surface area contributed by atoms with E-state index in [1.807, 2.05) is 54.6 Å². The van der Waals surface area contributed by atoms with Crippen LogP contribution in [0, 0.1) is 0 Å². The molecule has 0 atom stereocenters. The molecule has 0 aliphatic heterocycles. The van der Waals surface area contributed by atoms with Gasteiger partial charge in [0.1, 0.15) is 0 Å². The Labute approximate surface area is 251 Å². The Morgan fingerprint density at radius 2 is 0.674 bits per heavy atom. The van der Waals surface area contributed by atoms with E-state index in [2.05, 4.69) is 108 Å². The maximum atomic E-state index is 10.4. The highest BCUT2D eigenvalue weighted by atomic mass is 16.3. The molecule has 0 aliphatic rings. The van der Waals surface area contributed by atoms with Gasteiger partial charge in [0.05, 0.1) is 5.69 Å². The van der Waals surface area contributed by atoms with Crippen LogP contribution < -0.4 is 0 Å². The van der Waals surface area contributed by atoms with E-state index in [1.165, 1.54) is 22.3 Å². The van der Waals surface area contributed by atoms with Gasteiger partial charge in [-0.25, -0.2) is 4.98 Å². The normalized spacial score (nSPS) is 10.9. The lowest BCUT2D eigenvalue weighted by Gasteiger charge is -2.13. The van der Waals surface area contributed by atoms with Crippen molar-refractivity contribution < 1.29 is 5.11 Å². The summed E-state index contributed by atoms with van der Waals surface area (Å²) in [6.07, 6.45) is 0. The molecule has 0 amide bonds. The van der Waals surface area contributed by atoms with Crippen molar-refractivity contribution in [1.29, 1.82) is 0 Å². The van der Waals surface area contributed by atoms with Crippen molar-refractivity contribution in [2.75, 3.05) is 0 Å². The van der Waals surface area contributed by atoms with Crippen molar-refractivity contribution >= 4 is 0 Å². The molecule has 3 nitrogen and oxygen atoms in total. The molecule has 7 aromatic rings. The van der Waals surface area contributed by atoms with Gasteiger partial charge in [-0.15, -0.1) is 0 Å². The molecule has 1 aromatic heterocycles. The van der Waals surface area contributed by atoms with E-state index in [9.17, 15) is 5.11 Å².